The summed E-state index contributed by atoms with van der Waals surface area (Å²) < 4.78 is 28.1. The second-order valence-corrected chi connectivity index (χ2v) is 7.68. The minimum Gasteiger partial charge on any atom is -0.352 e. The van der Waals surface area contributed by atoms with E-state index in [1.165, 1.54) is 6.20 Å². The number of aromatic nitrogens is 2. The zero-order valence-corrected chi connectivity index (χ0v) is 17.1. The molecule has 2 aromatic heterocycles. The lowest BCUT2D eigenvalue weighted by molar-refractivity contribution is 0.0609. The molecular weight excluding hydrogens is 386 g/mol. The lowest BCUT2D eigenvalue weighted by atomic mass is 9.98. The van der Waals surface area contributed by atoms with E-state index >= 15 is 0 Å². The van der Waals surface area contributed by atoms with Gasteiger partial charge in [-0.15, -0.1) is 0 Å². The van der Waals surface area contributed by atoms with Gasteiger partial charge in [-0.05, 0) is 56.9 Å². The minimum absolute atomic E-state index is 0.0391. The molecule has 0 radical (unpaired) electrons. The maximum atomic E-state index is 14.4. The van der Waals surface area contributed by atoms with E-state index < -0.39 is 11.6 Å². The number of carbonyl (C=O) groups excluding carboxylic acids is 1. The fourth-order valence-corrected chi connectivity index (χ4v) is 4.04. The molecule has 30 heavy (non-hydrogen) atoms. The molecule has 1 saturated heterocycles. The van der Waals surface area contributed by atoms with Gasteiger partial charge in [-0.2, -0.15) is 0 Å². The second-order valence-electron chi connectivity index (χ2n) is 7.68. The van der Waals surface area contributed by atoms with Crippen molar-refractivity contribution in [2.45, 2.75) is 45.6 Å². The second kappa shape index (κ2) is 8.34. The van der Waals surface area contributed by atoms with Crippen molar-refractivity contribution in [3.05, 3.63) is 59.4 Å². The van der Waals surface area contributed by atoms with Gasteiger partial charge >= 0.3 is 0 Å². The molecule has 1 atom stereocenters. The minimum atomic E-state index is -0.607. The normalized spacial score (nSPS) is 16.7. The fourth-order valence-electron chi connectivity index (χ4n) is 4.04. The summed E-state index contributed by atoms with van der Waals surface area (Å²) in [5.41, 5.74) is 1.90. The van der Waals surface area contributed by atoms with Crippen LogP contribution in [0.1, 0.15) is 48.7 Å². The summed E-state index contributed by atoms with van der Waals surface area (Å²) in [5, 5.41) is 3.54. The first-order valence-corrected chi connectivity index (χ1v) is 10.3. The van der Waals surface area contributed by atoms with Crippen LogP contribution in [0.5, 0.6) is 0 Å². The molecule has 1 aromatic carbocycles. The number of piperidine rings is 1. The monoisotopic (exact) mass is 410 g/mol. The first-order valence-electron chi connectivity index (χ1n) is 10.3. The highest BCUT2D eigenvalue weighted by atomic mass is 19.1. The number of aryl methyl sites for hydroxylation is 1. The van der Waals surface area contributed by atoms with Crippen molar-refractivity contribution >= 4 is 28.3 Å². The van der Waals surface area contributed by atoms with E-state index in [-0.39, 0.29) is 17.6 Å². The Labute approximate surface area is 174 Å². The van der Waals surface area contributed by atoms with Crippen LogP contribution in [0.25, 0.3) is 11.0 Å². The number of hydrogen-bond acceptors (Lipinski definition) is 4. The summed E-state index contributed by atoms with van der Waals surface area (Å²) in [6.07, 6.45) is 5.37. The maximum absolute atomic E-state index is 14.4. The molecule has 5 nitrogen and oxygen atoms in total. The van der Waals surface area contributed by atoms with E-state index in [1.807, 2.05) is 11.8 Å². The predicted octanol–water partition coefficient (Wildman–Crippen LogP) is 5.36. The standard InChI is InChI=1S/C23H24F2N4O/c1-3-16-6-4-5-11-29(16)23(30)18-13-26-22-17(9-7-14(2)27-22)21(18)28-20-12-15(24)8-10-19(20)25/h7-10,12-13,16H,3-6,11H2,1-2H3,(H,26,27,28)/t16-/m1/s1. The van der Waals surface area contributed by atoms with Crippen LogP contribution in [0, 0.1) is 18.6 Å². The highest BCUT2D eigenvalue weighted by Gasteiger charge is 2.29. The number of likely N-dealkylation sites (tertiary alicyclic amines) is 1. The number of nitrogens with one attached hydrogen (secondary N) is 1. The van der Waals surface area contributed by atoms with Crippen LogP contribution in [-0.2, 0) is 0 Å². The van der Waals surface area contributed by atoms with Gasteiger partial charge in [0.05, 0.1) is 16.9 Å². The van der Waals surface area contributed by atoms with Crippen LogP contribution in [0.2, 0.25) is 0 Å². The number of rotatable bonds is 4. The molecular formula is C23H24F2N4O. The van der Waals surface area contributed by atoms with E-state index in [0.717, 1.165) is 49.6 Å². The first-order chi connectivity index (χ1) is 14.5. The van der Waals surface area contributed by atoms with Crippen molar-refractivity contribution in [1.82, 2.24) is 14.9 Å². The molecule has 1 aliphatic heterocycles. The van der Waals surface area contributed by atoms with Gasteiger partial charge in [0.2, 0.25) is 0 Å². The highest BCUT2D eigenvalue weighted by Crippen LogP contribution is 2.32. The molecule has 1 aliphatic rings. The summed E-state index contributed by atoms with van der Waals surface area (Å²) in [4.78, 5) is 24.2. The van der Waals surface area contributed by atoms with Crippen LogP contribution in [-0.4, -0.2) is 33.4 Å². The largest absolute Gasteiger partial charge is 0.352 e. The Morgan fingerprint density at radius 3 is 2.87 bits per heavy atom. The number of anilines is 2. The third kappa shape index (κ3) is 3.84. The zero-order chi connectivity index (χ0) is 21.3. The Morgan fingerprint density at radius 1 is 1.23 bits per heavy atom. The van der Waals surface area contributed by atoms with Crippen molar-refractivity contribution < 1.29 is 13.6 Å². The number of halogens is 2. The Bertz CT molecular complexity index is 1100. The number of carbonyl (C=O) groups is 1. The third-order valence-electron chi connectivity index (χ3n) is 5.65. The molecule has 156 valence electrons. The molecule has 7 heteroatoms. The Kier molecular flexibility index (Phi) is 5.61. The smallest absolute Gasteiger partial charge is 0.257 e. The lowest BCUT2D eigenvalue weighted by Gasteiger charge is -2.35. The number of fused-ring (bicyclic) bond motifs is 1. The molecule has 1 N–H and O–H groups in total. The number of nitrogens with zero attached hydrogens (tertiary/aromatic N) is 3. The Morgan fingerprint density at radius 2 is 2.07 bits per heavy atom. The van der Waals surface area contributed by atoms with Crippen LogP contribution in [0.4, 0.5) is 20.2 Å². The van der Waals surface area contributed by atoms with Gasteiger partial charge in [-0.1, -0.05) is 6.92 Å². The van der Waals surface area contributed by atoms with Crippen LogP contribution in [0.15, 0.2) is 36.5 Å². The van der Waals surface area contributed by atoms with Crippen molar-refractivity contribution in [3.8, 4) is 0 Å². The maximum Gasteiger partial charge on any atom is 0.257 e. The lowest BCUT2D eigenvalue weighted by Crippen LogP contribution is -2.43. The average Bonchev–Trinajstić information content (AvgIpc) is 2.75. The fraction of sp³-hybridized carbons (Fsp3) is 0.348. The average molecular weight is 410 g/mol. The van der Waals surface area contributed by atoms with Crippen molar-refractivity contribution in [1.29, 1.82) is 0 Å². The van der Waals surface area contributed by atoms with Gasteiger partial charge < -0.3 is 10.2 Å². The van der Waals surface area contributed by atoms with Crippen LogP contribution >= 0.6 is 0 Å². The van der Waals surface area contributed by atoms with Crippen LogP contribution < -0.4 is 5.32 Å². The summed E-state index contributed by atoms with van der Waals surface area (Å²) in [7, 11) is 0. The SMILES string of the molecule is CC[C@@H]1CCCCN1C(=O)c1cnc2nc(C)ccc2c1Nc1cc(F)ccc1F. The molecule has 1 amide bonds. The molecule has 3 heterocycles. The van der Waals surface area contributed by atoms with E-state index in [2.05, 4.69) is 22.2 Å². The van der Waals surface area contributed by atoms with E-state index in [4.69, 9.17) is 0 Å². The van der Waals surface area contributed by atoms with Gasteiger partial charge in [-0.3, -0.25) is 4.79 Å². The van der Waals surface area contributed by atoms with Gasteiger partial charge in [0.25, 0.3) is 5.91 Å². The number of amides is 1. The number of benzene rings is 1. The topological polar surface area (TPSA) is 58.1 Å². The zero-order valence-electron chi connectivity index (χ0n) is 17.1. The molecule has 0 unspecified atom stereocenters. The molecule has 0 bridgehead atoms. The first kappa shape index (κ1) is 20.2. The molecule has 0 spiro atoms. The summed E-state index contributed by atoms with van der Waals surface area (Å²) in [6, 6.07) is 6.96. The highest BCUT2D eigenvalue weighted by molar-refractivity contribution is 6.07. The third-order valence-corrected chi connectivity index (χ3v) is 5.65. The Hall–Kier alpha value is -3.09. The quantitative estimate of drug-likeness (QED) is 0.629. The summed E-state index contributed by atoms with van der Waals surface area (Å²) >= 11 is 0. The van der Waals surface area contributed by atoms with Crippen molar-refractivity contribution in [3.63, 3.8) is 0 Å². The summed E-state index contributed by atoms with van der Waals surface area (Å²) in [6.45, 7) is 4.59. The molecule has 1 fully saturated rings. The van der Waals surface area contributed by atoms with Gasteiger partial charge in [0.1, 0.15) is 11.6 Å². The molecule has 0 saturated carbocycles. The van der Waals surface area contributed by atoms with Crippen molar-refractivity contribution in [2.75, 3.05) is 11.9 Å². The van der Waals surface area contributed by atoms with Crippen molar-refractivity contribution in [2.24, 2.45) is 0 Å². The van der Waals surface area contributed by atoms with E-state index in [9.17, 15) is 13.6 Å². The van der Waals surface area contributed by atoms with E-state index in [0.29, 0.717) is 28.8 Å². The number of pyridine rings is 2. The van der Waals surface area contributed by atoms with Crippen LogP contribution in [0.3, 0.4) is 0 Å². The molecule has 3 aromatic rings. The van der Waals surface area contributed by atoms with Gasteiger partial charge in [0, 0.05) is 35.9 Å². The van der Waals surface area contributed by atoms with Gasteiger partial charge in [0.15, 0.2) is 5.65 Å². The Balaban J connectivity index is 1.84. The predicted molar refractivity (Wildman–Crippen MR) is 113 cm³/mol. The molecule has 0 aliphatic carbocycles. The van der Waals surface area contributed by atoms with Gasteiger partial charge in [-0.25, -0.2) is 18.7 Å². The number of hydrogen-bond donors (Lipinski definition) is 1. The summed E-state index contributed by atoms with van der Waals surface area (Å²) in [5.74, 6) is -1.33. The molecule has 4 rings (SSSR count). The van der Waals surface area contributed by atoms with E-state index in [1.54, 1.807) is 12.1 Å².